The highest BCUT2D eigenvalue weighted by molar-refractivity contribution is 9.10. The Morgan fingerprint density at radius 1 is 1.29 bits per heavy atom. The zero-order valence-corrected chi connectivity index (χ0v) is 10.7. The third-order valence-corrected chi connectivity index (χ3v) is 2.25. The summed E-state index contributed by atoms with van der Waals surface area (Å²) in [6.45, 7) is 3.52. The predicted molar refractivity (Wildman–Crippen MR) is 74.2 cm³/mol. The molecular weight excluding hydrogens is 282 g/mol. The van der Waals surface area contributed by atoms with Crippen LogP contribution >= 0.6 is 15.9 Å². The highest BCUT2D eigenvalue weighted by Gasteiger charge is 1.99. The molecule has 1 aromatic carbocycles. The van der Waals surface area contributed by atoms with Gasteiger partial charge in [0.1, 0.15) is 11.7 Å². The maximum Gasteiger partial charge on any atom is 0.118 e. The van der Waals surface area contributed by atoms with Crippen LogP contribution in [0.3, 0.4) is 0 Å². The molecule has 0 fully saturated rings. The molecule has 0 radical (unpaired) electrons. The maximum absolute atomic E-state index is 7.21. The van der Waals surface area contributed by atoms with Gasteiger partial charge in [-0.1, -0.05) is 22.5 Å². The van der Waals surface area contributed by atoms with Crippen molar-refractivity contribution in [1.82, 2.24) is 5.32 Å². The molecule has 0 aliphatic rings. The van der Waals surface area contributed by atoms with Crippen LogP contribution in [0.4, 0.5) is 5.69 Å². The SMILES string of the molecule is C=C(N)NC(=CC(=N)N)Nc1ccc(Br)cc1. The molecule has 5 nitrogen and oxygen atoms in total. The molecule has 90 valence electrons. The summed E-state index contributed by atoms with van der Waals surface area (Å²) in [5.74, 6) is 0.674. The smallest absolute Gasteiger partial charge is 0.118 e. The van der Waals surface area contributed by atoms with E-state index >= 15 is 0 Å². The Morgan fingerprint density at radius 2 is 1.88 bits per heavy atom. The minimum absolute atomic E-state index is 0.0849. The van der Waals surface area contributed by atoms with Gasteiger partial charge in [-0.15, -0.1) is 0 Å². The second kappa shape index (κ2) is 5.95. The van der Waals surface area contributed by atoms with Crippen molar-refractivity contribution >= 4 is 27.5 Å². The summed E-state index contributed by atoms with van der Waals surface area (Å²) in [5, 5.41) is 13.0. The third kappa shape index (κ3) is 5.07. The molecule has 17 heavy (non-hydrogen) atoms. The van der Waals surface area contributed by atoms with E-state index in [2.05, 4.69) is 33.1 Å². The molecular formula is C11H14BrN5. The fourth-order valence-corrected chi connectivity index (χ4v) is 1.38. The molecule has 0 aliphatic heterocycles. The third-order valence-electron chi connectivity index (χ3n) is 1.72. The standard InChI is InChI=1S/C11H14BrN5/c1-7(13)16-11(6-10(14)15)17-9-4-2-8(12)3-5-9/h2-6,16-17H,1,13H2,(H3,14,15). The van der Waals surface area contributed by atoms with Crippen LogP contribution in [0.25, 0.3) is 0 Å². The number of nitrogens with one attached hydrogen (secondary N) is 3. The Bertz CT molecular complexity index is 449. The monoisotopic (exact) mass is 295 g/mol. The van der Waals surface area contributed by atoms with Crippen LogP contribution in [-0.2, 0) is 0 Å². The molecule has 0 bridgehead atoms. The molecule has 0 saturated carbocycles. The lowest BCUT2D eigenvalue weighted by atomic mass is 10.3. The normalized spacial score (nSPS) is 10.8. The van der Waals surface area contributed by atoms with E-state index in [1.807, 2.05) is 24.3 Å². The topological polar surface area (TPSA) is 100.0 Å². The van der Waals surface area contributed by atoms with Gasteiger partial charge in [-0.3, -0.25) is 5.41 Å². The lowest BCUT2D eigenvalue weighted by Crippen LogP contribution is -2.25. The minimum atomic E-state index is -0.0849. The molecule has 0 spiro atoms. The molecule has 0 aliphatic carbocycles. The average molecular weight is 296 g/mol. The van der Waals surface area contributed by atoms with Crippen molar-refractivity contribution < 1.29 is 0 Å². The van der Waals surface area contributed by atoms with Gasteiger partial charge in [0.2, 0.25) is 0 Å². The Labute approximate surface area is 108 Å². The van der Waals surface area contributed by atoms with Gasteiger partial charge < -0.3 is 22.1 Å². The average Bonchev–Trinajstić information content (AvgIpc) is 2.19. The van der Waals surface area contributed by atoms with Gasteiger partial charge in [-0.05, 0) is 24.3 Å². The quantitative estimate of drug-likeness (QED) is 0.421. The first-order valence-corrected chi connectivity index (χ1v) is 5.56. The number of rotatable bonds is 5. The second-order valence-electron chi connectivity index (χ2n) is 3.30. The number of hydrogen-bond acceptors (Lipinski definition) is 4. The van der Waals surface area contributed by atoms with Crippen molar-refractivity contribution in [3.8, 4) is 0 Å². The number of halogens is 1. The molecule has 0 saturated heterocycles. The molecule has 1 aromatic rings. The Kier molecular flexibility index (Phi) is 4.59. The lowest BCUT2D eigenvalue weighted by Gasteiger charge is -2.13. The van der Waals surface area contributed by atoms with E-state index in [0.717, 1.165) is 10.2 Å². The van der Waals surface area contributed by atoms with Gasteiger partial charge >= 0.3 is 0 Å². The van der Waals surface area contributed by atoms with Crippen molar-refractivity contribution in [3.05, 3.63) is 53.0 Å². The first-order valence-electron chi connectivity index (χ1n) is 4.77. The maximum atomic E-state index is 7.21. The van der Waals surface area contributed by atoms with Crippen LogP contribution < -0.4 is 22.1 Å². The second-order valence-corrected chi connectivity index (χ2v) is 4.21. The van der Waals surface area contributed by atoms with E-state index in [9.17, 15) is 0 Å². The van der Waals surface area contributed by atoms with Crippen LogP contribution in [0.1, 0.15) is 0 Å². The molecule has 0 unspecified atom stereocenters. The number of amidine groups is 1. The van der Waals surface area contributed by atoms with Gasteiger partial charge in [0, 0.05) is 16.2 Å². The molecule has 0 heterocycles. The number of hydrogen-bond donors (Lipinski definition) is 5. The summed E-state index contributed by atoms with van der Waals surface area (Å²) in [5.41, 5.74) is 11.6. The van der Waals surface area contributed by atoms with Gasteiger partial charge in [0.15, 0.2) is 0 Å². The summed E-state index contributed by atoms with van der Waals surface area (Å²) in [4.78, 5) is 0. The fraction of sp³-hybridized carbons (Fsp3) is 0. The van der Waals surface area contributed by atoms with Crippen molar-refractivity contribution in [3.63, 3.8) is 0 Å². The minimum Gasteiger partial charge on any atom is -0.386 e. The number of anilines is 1. The molecule has 6 heteroatoms. The van der Waals surface area contributed by atoms with Crippen molar-refractivity contribution in [2.24, 2.45) is 11.5 Å². The van der Waals surface area contributed by atoms with E-state index in [4.69, 9.17) is 16.9 Å². The van der Waals surface area contributed by atoms with Crippen LogP contribution in [0.15, 0.2) is 53.0 Å². The van der Waals surface area contributed by atoms with Gasteiger partial charge in [0.25, 0.3) is 0 Å². The lowest BCUT2D eigenvalue weighted by molar-refractivity contribution is 0.961. The van der Waals surface area contributed by atoms with E-state index in [1.165, 1.54) is 6.08 Å². The molecule has 0 aromatic heterocycles. The van der Waals surface area contributed by atoms with Gasteiger partial charge in [-0.25, -0.2) is 0 Å². The number of nitrogens with two attached hydrogens (primary N) is 2. The highest BCUT2D eigenvalue weighted by Crippen LogP contribution is 2.15. The molecule has 0 amide bonds. The Balaban J connectivity index is 2.82. The van der Waals surface area contributed by atoms with E-state index in [0.29, 0.717) is 5.82 Å². The van der Waals surface area contributed by atoms with Crippen LogP contribution in [0.2, 0.25) is 0 Å². The predicted octanol–water partition coefficient (Wildman–Crippen LogP) is 1.66. The van der Waals surface area contributed by atoms with E-state index in [-0.39, 0.29) is 11.7 Å². The number of benzene rings is 1. The highest BCUT2D eigenvalue weighted by atomic mass is 79.9. The first-order chi connectivity index (χ1) is 7.97. The van der Waals surface area contributed by atoms with E-state index in [1.54, 1.807) is 0 Å². The van der Waals surface area contributed by atoms with Crippen LogP contribution in [-0.4, -0.2) is 5.84 Å². The van der Waals surface area contributed by atoms with Gasteiger partial charge in [0.05, 0.1) is 5.82 Å². The molecule has 1 rings (SSSR count). The largest absolute Gasteiger partial charge is 0.386 e. The van der Waals surface area contributed by atoms with Gasteiger partial charge in [-0.2, -0.15) is 0 Å². The Morgan fingerprint density at radius 3 is 2.35 bits per heavy atom. The fourth-order valence-electron chi connectivity index (χ4n) is 1.12. The zero-order valence-electron chi connectivity index (χ0n) is 9.13. The summed E-state index contributed by atoms with van der Waals surface area (Å²) in [7, 11) is 0. The van der Waals surface area contributed by atoms with Crippen LogP contribution in [0, 0.1) is 5.41 Å². The molecule has 7 N–H and O–H groups in total. The van der Waals surface area contributed by atoms with Crippen molar-refractivity contribution in [1.29, 1.82) is 5.41 Å². The first kappa shape index (κ1) is 13.1. The Hall–Kier alpha value is -1.95. The summed E-state index contributed by atoms with van der Waals surface area (Å²) in [6, 6.07) is 7.54. The summed E-state index contributed by atoms with van der Waals surface area (Å²) in [6.07, 6.45) is 1.42. The van der Waals surface area contributed by atoms with Crippen LogP contribution in [0.5, 0.6) is 0 Å². The van der Waals surface area contributed by atoms with Crippen molar-refractivity contribution in [2.45, 2.75) is 0 Å². The summed E-state index contributed by atoms with van der Waals surface area (Å²) >= 11 is 3.35. The van der Waals surface area contributed by atoms with Crippen molar-refractivity contribution in [2.75, 3.05) is 5.32 Å². The zero-order chi connectivity index (χ0) is 12.8. The van der Waals surface area contributed by atoms with E-state index < -0.39 is 0 Å². The molecule has 0 atom stereocenters. The summed E-state index contributed by atoms with van der Waals surface area (Å²) < 4.78 is 0.983.